The van der Waals surface area contributed by atoms with E-state index in [0.717, 1.165) is 0 Å². The Morgan fingerprint density at radius 3 is 2.35 bits per heavy atom. The van der Waals surface area contributed by atoms with E-state index >= 15 is 0 Å². The van der Waals surface area contributed by atoms with Crippen molar-refractivity contribution >= 4 is 27.5 Å². The van der Waals surface area contributed by atoms with Crippen molar-refractivity contribution in [3.05, 3.63) is 83.7 Å². The molecule has 9 heteroatoms. The number of nitrogens with one attached hydrogen (secondary N) is 2. The molecule has 0 saturated heterocycles. The molecule has 0 aliphatic rings. The van der Waals surface area contributed by atoms with E-state index in [1.807, 2.05) is 0 Å². The van der Waals surface area contributed by atoms with Crippen LogP contribution >= 0.6 is 0 Å². The van der Waals surface area contributed by atoms with Gasteiger partial charge in [0.25, 0.3) is 0 Å². The van der Waals surface area contributed by atoms with Gasteiger partial charge in [-0.25, -0.2) is 17.9 Å². The third-order valence-electron chi connectivity index (χ3n) is 4.65. The molecule has 0 heterocycles. The second-order valence-electron chi connectivity index (χ2n) is 6.89. The molecule has 0 radical (unpaired) electrons. The van der Waals surface area contributed by atoms with Crippen molar-refractivity contribution in [1.29, 1.82) is 5.41 Å². The van der Waals surface area contributed by atoms with Crippen LogP contribution in [0.15, 0.2) is 71.6 Å². The van der Waals surface area contributed by atoms with Crippen molar-refractivity contribution in [3.63, 3.8) is 0 Å². The summed E-state index contributed by atoms with van der Waals surface area (Å²) in [4.78, 5) is 12.3. The van der Waals surface area contributed by atoms with Crippen molar-refractivity contribution in [2.75, 3.05) is 5.32 Å². The molecule has 3 aromatic carbocycles. The molecule has 0 unspecified atom stereocenters. The predicted molar refractivity (Wildman–Crippen MR) is 118 cm³/mol. The number of benzene rings is 3. The van der Waals surface area contributed by atoms with E-state index in [0.29, 0.717) is 27.9 Å². The van der Waals surface area contributed by atoms with Gasteiger partial charge < -0.3 is 11.1 Å². The summed E-state index contributed by atoms with van der Waals surface area (Å²) >= 11 is 0. The molecule has 0 spiro atoms. The molecule has 0 atom stereocenters. The van der Waals surface area contributed by atoms with Gasteiger partial charge in [-0.2, -0.15) is 0 Å². The van der Waals surface area contributed by atoms with Gasteiger partial charge in [0.05, 0.1) is 4.90 Å². The molecule has 1 amide bonds. The number of hydrogen-bond acceptors (Lipinski definition) is 4. The lowest BCUT2D eigenvalue weighted by Gasteiger charge is -2.10. The molecule has 0 saturated carbocycles. The van der Waals surface area contributed by atoms with Crippen LogP contribution in [-0.4, -0.2) is 20.2 Å². The van der Waals surface area contributed by atoms with E-state index in [1.54, 1.807) is 42.5 Å². The van der Waals surface area contributed by atoms with Gasteiger partial charge in [0, 0.05) is 23.2 Å². The van der Waals surface area contributed by atoms with Gasteiger partial charge in [-0.05, 0) is 53.9 Å². The molecule has 0 bridgehead atoms. The van der Waals surface area contributed by atoms with Crippen LogP contribution in [0.3, 0.4) is 0 Å². The second-order valence-corrected chi connectivity index (χ2v) is 8.42. The summed E-state index contributed by atoms with van der Waals surface area (Å²) < 4.78 is 37.5. The number of hydrogen-bond donors (Lipinski definition) is 4. The number of amides is 1. The fraction of sp³-hybridized carbons (Fsp3) is 0.0909. The minimum atomic E-state index is -3.88. The maximum Gasteiger partial charge on any atom is 0.238 e. The normalized spacial score (nSPS) is 11.2. The number of halogens is 1. The average Bonchev–Trinajstić information content (AvgIpc) is 2.73. The van der Waals surface area contributed by atoms with Gasteiger partial charge in [-0.1, -0.05) is 30.3 Å². The van der Waals surface area contributed by atoms with E-state index in [4.69, 9.17) is 16.3 Å². The van der Waals surface area contributed by atoms with Gasteiger partial charge in [0.2, 0.25) is 15.9 Å². The smallest absolute Gasteiger partial charge is 0.238 e. The number of carbonyl (C=O) groups excluding carboxylic acids is 1. The van der Waals surface area contributed by atoms with Crippen LogP contribution < -0.4 is 16.2 Å². The van der Waals surface area contributed by atoms with E-state index in [-0.39, 0.29) is 29.5 Å². The molecule has 0 aliphatic heterocycles. The van der Waals surface area contributed by atoms with Crippen LogP contribution in [0.2, 0.25) is 0 Å². The van der Waals surface area contributed by atoms with Crippen LogP contribution in [0.5, 0.6) is 0 Å². The Morgan fingerprint density at radius 2 is 1.71 bits per heavy atom. The van der Waals surface area contributed by atoms with Crippen molar-refractivity contribution < 1.29 is 17.6 Å². The van der Waals surface area contributed by atoms with Crippen molar-refractivity contribution in [1.82, 2.24) is 0 Å². The van der Waals surface area contributed by atoms with Crippen LogP contribution in [0.25, 0.3) is 11.1 Å². The summed E-state index contributed by atoms with van der Waals surface area (Å²) in [6, 6.07) is 17.1. The third-order valence-corrected chi connectivity index (χ3v) is 5.62. The number of primary sulfonamides is 1. The summed E-state index contributed by atoms with van der Waals surface area (Å²) in [5.74, 6) is -0.948. The molecule has 160 valence electrons. The number of rotatable bonds is 7. The highest BCUT2D eigenvalue weighted by Gasteiger charge is 2.14. The highest BCUT2D eigenvalue weighted by atomic mass is 32.2. The molecule has 0 aliphatic carbocycles. The van der Waals surface area contributed by atoms with Gasteiger partial charge >= 0.3 is 0 Å². The topological polar surface area (TPSA) is 139 Å². The van der Waals surface area contributed by atoms with E-state index < -0.39 is 15.8 Å². The van der Waals surface area contributed by atoms with E-state index in [9.17, 15) is 17.6 Å². The van der Waals surface area contributed by atoms with Crippen LogP contribution in [0.1, 0.15) is 17.5 Å². The Hall–Kier alpha value is -3.56. The number of amidine groups is 1. The predicted octanol–water partition coefficient (Wildman–Crippen LogP) is 3.00. The number of sulfonamides is 1. The summed E-state index contributed by atoms with van der Waals surface area (Å²) in [6.07, 6.45) is 0.187. The maximum atomic E-state index is 13.9. The number of anilines is 1. The first-order valence-corrected chi connectivity index (χ1v) is 10.8. The lowest BCUT2D eigenvalue weighted by Crippen LogP contribution is -2.14. The maximum absolute atomic E-state index is 13.9. The Bertz CT molecular complexity index is 1240. The Kier molecular flexibility index (Phi) is 6.47. The second kappa shape index (κ2) is 9.07. The number of nitrogen functional groups attached to an aromatic ring is 1. The fourth-order valence-electron chi connectivity index (χ4n) is 3.09. The molecule has 0 aromatic heterocycles. The number of aryl methyl sites for hydroxylation is 1. The minimum absolute atomic E-state index is 0.0154. The zero-order valence-corrected chi connectivity index (χ0v) is 17.2. The van der Waals surface area contributed by atoms with E-state index in [1.165, 1.54) is 24.3 Å². The summed E-state index contributed by atoms with van der Waals surface area (Å²) in [7, 11) is -3.88. The fourth-order valence-corrected chi connectivity index (χ4v) is 3.85. The highest BCUT2D eigenvalue weighted by molar-refractivity contribution is 7.89. The molecule has 3 rings (SSSR count). The summed E-state index contributed by atoms with van der Waals surface area (Å²) in [5.41, 5.74) is 7.72. The van der Waals surface area contributed by atoms with Crippen LogP contribution in [0, 0.1) is 11.2 Å². The largest absolute Gasteiger partial charge is 0.384 e. The quantitative estimate of drug-likeness (QED) is 0.331. The zero-order valence-electron chi connectivity index (χ0n) is 16.4. The summed E-state index contributed by atoms with van der Waals surface area (Å²) in [6.45, 7) is 0. The standard InChI is InChI=1S/C22H21FN4O3S/c23-19-11-7-16(22(24)25)13-15(19)8-12-21(28)27-17-9-5-14(6-10-17)18-3-1-2-4-20(18)31(26,29)30/h1-7,9-11,13H,8,12H2,(H3,24,25)(H,27,28)(H2,26,29,30). The monoisotopic (exact) mass is 440 g/mol. The van der Waals surface area contributed by atoms with Gasteiger partial charge in [0.1, 0.15) is 11.7 Å². The molecular formula is C22H21FN4O3S. The Morgan fingerprint density at radius 1 is 1.03 bits per heavy atom. The SMILES string of the molecule is N=C(N)c1ccc(F)c(CCC(=O)Nc2ccc(-c3ccccc3S(N)(=O)=O)cc2)c1. The summed E-state index contributed by atoms with van der Waals surface area (Å²) in [5, 5.41) is 15.4. The first kappa shape index (κ1) is 22.1. The zero-order chi connectivity index (χ0) is 22.6. The van der Waals surface area contributed by atoms with Gasteiger partial charge in [-0.3, -0.25) is 10.2 Å². The molecule has 31 heavy (non-hydrogen) atoms. The number of nitrogens with two attached hydrogens (primary N) is 2. The third kappa shape index (κ3) is 5.53. The molecule has 7 nitrogen and oxygen atoms in total. The first-order valence-electron chi connectivity index (χ1n) is 9.30. The Labute approximate surface area is 179 Å². The lowest BCUT2D eigenvalue weighted by atomic mass is 10.0. The molecule has 0 fully saturated rings. The molecule has 6 N–H and O–H groups in total. The van der Waals surface area contributed by atoms with Crippen molar-refractivity contribution in [2.24, 2.45) is 10.9 Å². The average molecular weight is 441 g/mol. The Balaban J connectivity index is 1.68. The minimum Gasteiger partial charge on any atom is -0.384 e. The van der Waals surface area contributed by atoms with Crippen LogP contribution in [0.4, 0.5) is 10.1 Å². The highest BCUT2D eigenvalue weighted by Crippen LogP contribution is 2.27. The van der Waals surface area contributed by atoms with Gasteiger partial charge in [0.15, 0.2) is 0 Å². The van der Waals surface area contributed by atoms with E-state index in [2.05, 4.69) is 5.32 Å². The number of carbonyl (C=O) groups is 1. The first-order chi connectivity index (χ1) is 14.6. The van der Waals surface area contributed by atoms with Crippen molar-refractivity contribution in [3.8, 4) is 11.1 Å². The molecule has 3 aromatic rings. The van der Waals surface area contributed by atoms with Crippen molar-refractivity contribution in [2.45, 2.75) is 17.7 Å². The molecular weight excluding hydrogens is 419 g/mol. The van der Waals surface area contributed by atoms with Crippen LogP contribution in [-0.2, 0) is 21.2 Å². The van der Waals surface area contributed by atoms with Gasteiger partial charge in [-0.15, -0.1) is 0 Å². The lowest BCUT2D eigenvalue weighted by molar-refractivity contribution is -0.116.